The average molecular weight is 300 g/mol. The van der Waals surface area contributed by atoms with E-state index in [-0.39, 0.29) is 0 Å². The highest BCUT2D eigenvalue weighted by Crippen LogP contribution is 2.25. The van der Waals surface area contributed by atoms with Gasteiger partial charge in [0.25, 0.3) is 0 Å². The van der Waals surface area contributed by atoms with Crippen LogP contribution >= 0.6 is 11.6 Å². The molecule has 0 bridgehead atoms. The van der Waals surface area contributed by atoms with Crippen LogP contribution in [0.2, 0.25) is 0 Å². The van der Waals surface area contributed by atoms with Gasteiger partial charge in [0, 0.05) is 12.6 Å². The summed E-state index contributed by atoms with van der Waals surface area (Å²) in [6.07, 6.45) is -3.29. The van der Waals surface area contributed by atoms with E-state index in [2.05, 4.69) is 14.7 Å². The third-order valence-electron chi connectivity index (χ3n) is 2.15. The molecule has 6 nitrogen and oxygen atoms in total. The fourth-order valence-electron chi connectivity index (χ4n) is 1.28. The maximum atomic E-state index is 12.1. The van der Waals surface area contributed by atoms with Gasteiger partial charge < -0.3 is 10.1 Å². The monoisotopic (exact) mass is 299 g/mol. The molecule has 2 unspecified atom stereocenters. The molecule has 10 heteroatoms. The van der Waals surface area contributed by atoms with E-state index in [4.69, 9.17) is 11.6 Å². The molecule has 1 heterocycles. The third kappa shape index (κ3) is 4.19. The van der Waals surface area contributed by atoms with Gasteiger partial charge in [-0.2, -0.15) is 13.2 Å². The highest BCUT2D eigenvalue weighted by atomic mass is 35.5. The normalized spacial score (nSPS) is 23.2. The van der Waals surface area contributed by atoms with E-state index < -0.39 is 35.5 Å². The molecule has 0 radical (unpaired) electrons. The number of hydrogen-bond donors (Lipinski definition) is 1. The lowest BCUT2D eigenvalue weighted by Crippen LogP contribution is -2.49. The van der Waals surface area contributed by atoms with Crippen LogP contribution in [0, 0.1) is 0 Å². The third-order valence-corrected chi connectivity index (χ3v) is 2.50. The molecule has 1 N–H and O–H groups in total. The van der Waals surface area contributed by atoms with Crippen LogP contribution < -0.4 is 5.32 Å². The van der Waals surface area contributed by atoms with E-state index in [1.807, 2.05) is 0 Å². The van der Waals surface area contributed by atoms with Crippen molar-refractivity contribution < 1.29 is 27.5 Å². The summed E-state index contributed by atoms with van der Waals surface area (Å²) in [5, 5.41) is 1.50. The SMILES string of the molecule is COC(=O)C(CC1(Cl)C=NC=N1)NC(=O)C(F)(F)F. The molecule has 0 spiro atoms. The number of carbonyl (C=O) groups excluding carboxylic acids is 2. The number of amides is 1. The molecule has 1 amide bonds. The maximum Gasteiger partial charge on any atom is 0.471 e. The first kappa shape index (κ1) is 15.4. The van der Waals surface area contributed by atoms with Crippen LogP contribution in [-0.4, -0.2) is 48.8 Å². The maximum absolute atomic E-state index is 12.1. The molecule has 1 aliphatic heterocycles. The van der Waals surface area contributed by atoms with Gasteiger partial charge in [0.2, 0.25) is 0 Å². The largest absolute Gasteiger partial charge is 0.471 e. The van der Waals surface area contributed by atoms with E-state index >= 15 is 0 Å². The lowest BCUT2D eigenvalue weighted by Gasteiger charge is -2.22. The first-order valence-electron chi connectivity index (χ1n) is 4.90. The smallest absolute Gasteiger partial charge is 0.467 e. The van der Waals surface area contributed by atoms with Crippen molar-refractivity contribution in [3.63, 3.8) is 0 Å². The number of methoxy groups -OCH3 is 1. The summed E-state index contributed by atoms with van der Waals surface area (Å²) in [6, 6.07) is -1.58. The van der Waals surface area contributed by atoms with Gasteiger partial charge in [-0.1, -0.05) is 11.6 Å². The molecule has 0 saturated heterocycles. The number of halogens is 4. The zero-order chi connectivity index (χ0) is 14.7. The Balaban J connectivity index is 2.79. The molecule has 0 aromatic carbocycles. The van der Waals surface area contributed by atoms with Crippen LogP contribution in [0.5, 0.6) is 0 Å². The van der Waals surface area contributed by atoms with E-state index in [1.165, 1.54) is 5.32 Å². The predicted molar refractivity (Wildman–Crippen MR) is 60.2 cm³/mol. The first-order valence-corrected chi connectivity index (χ1v) is 5.28. The molecule has 0 fully saturated rings. The number of hydrogen-bond acceptors (Lipinski definition) is 5. The number of nitrogens with zero attached hydrogens (tertiary/aromatic N) is 2. The molecule has 0 aromatic heterocycles. The highest BCUT2D eigenvalue weighted by molar-refractivity contribution is 6.33. The van der Waals surface area contributed by atoms with Gasteiger partial charge in [-0.3, -0.25) is 4.79 Å². The fourth-order valence-corrected chi connectivity index (χ4v) is 1.53. The number of aliphatic imine (C=N–C) groups is 2. The van der Waals surface area contributed by atoms with Gasteiger partial charge >= 0.3 is 18.1 Å². The Labute approximate surface area is 110 Å². The number of rotatable bonds is 4. The molecular formula is C9H9ClF3N3O3. The molecule has 1 rings (SSSR count). The minimum absolute atomic E-state index is 0.414. The lowest BCUT2D eigenvalue weighted by atomic mass is 10.1. The average Bonchev–Trinajstić information content (AvgIpc) is 2.72. The van der Waals surface area contributed by atoms with Gasteiger partial charge in [0.1, 0.15) is 12.4 Å². The Hall–Kier alpha value is -1.64. The molecule has 0 aliphatic carbocycles. The number of ether oxygens (including phenoxy) is 1. The number of carbonyl (C=O) groups is 2. The Bertz CT molecular complexity index is 424. The number of esters is 1. The zero-order valence-electron chi connectivity index (χ0n) is 9.57. The second-order valence-electron chi connectivity index (χ2n) is 3.59. The quantitative estimate of drug-likeness (QED) is 0.470. The summed E-state index contributed by atoms with van der Waals surface area (Å²) in [7, 11) is 0.974. The Kier molecular flexibility index (Phi) is 4.51. The van der Waals surface area contributed by atoms with Crippen LogP contribution in [0.4, 0.5) is 13.2 Å². The van der Waals surface area contributed by atoms with Crippen molar-refractivity contribution in [2.45, 2.75) is 23.6 Å². The lowest BCUT2D eigenvalue weighted by molar-refractivity contribution is -0.175. The summed E-state index contributed by atoms with van der Waals surface area (Å²) in [6.45, 7) is 0. The van der Waals surface area contributed by atoms with E-state index in [9.17, 15) is 22.8 Å². The second kappa shape index (κ2) is 5.55. The topological polar surface area (TPSA) is 80.1 Å². The van der Waals surface area contributed by atoms with E-state index in [0.717, 1.165) is 19.7 Å². The first-order chi connectivity index (χ1) is 8.68. The van der Waals surface area contributed by atoms with E-state index in [1.54, 1.807) is 0 Å². The van der Waals surface area contributed by atoms with Gasteiger partial charge in [0.05, 0.1) is 7.11 Å². The van der Waals surface area contributed by atoms with Crippen molar-refractivity contribution in [1.82, 2.24) is 5.32 Å². The Morgan fingerprint density at radius 1 is 1.53 bits per heavy atom. The van der Waals surface area contributed by atoms with Crippen LogP contribution in [0.1, 0.15) is 6.42 Å². The summed E-state index contributed by atoms with van der Waals surface area (Å²) < 4.78 is 40.7. The molecule has 0 aromatic rings. The molecular weight excluding hydrogens is 291 g/mol. The van der Waals surface area contributed by atoms with Crippen molar-refractivity contribution in [3.8, 4) is 0 Å². The van der Waals surface area contributed by atoms with Crippen LogP contribution in [0.3, 0.4) is 0 Å². The van der Waals surface area contributed by atoms with Gasteiger partial charge in [-0.05, 0) is 0 Å². The van der Waals surface area contributed by atoms with Crippen molar-refractivity contribution >= 4 is 36.0 Å². The highest BCUT2D eigenvalue weighted by Gasteiger charge is 2.43. The number of nitrogens with one attached hydrogen (secondary N) is 1. The van der Waals surface area contributed by atoms with E-state index in [0.29, 0.717) is 0 Å². The summed E-state index contributed by atoms with van der Waals surface area (Å²) in [5.74, 6) is -3.32. The van der Waals surface area contributed by atoms with Gasteiger partial charge in [0.15, 0.2) is 5.00 Å². The minimum Gasteiger partial charge on any atom is -0.467 e. The van der Waals surface area contributed by atoms with Crippen molar-refractivity contribution in [3.05, 3.63) is 0 Å². The fraction of sp³-hybridized carbons (Fsp3) is 0.556. The van der Waals surface area contributed by atoms with Crippen molar-refractivity contribution in [1.29, 1.82) is 0 Å². The molecule has 106 valence electrons. The van der Waals surface area contributed by atoms with Crippen molar-refractivity contribution in [2.24, 2.45) is 9.98 Å². The molecule has 0 saturated carbocycles. The summed E-state index contributed by atoms with van der Waals surface area (Å²) >= 11 is 5.88. The van der Waals surface area contributed by atoms with Gasteiger partial charge in [-0.15, -0.1) is 0 Å². The van der Waals surface area contributed by atoms with Crippen LogP contribution in [-0.2, 0) is 14.3 Å². The predicted octanol–water partition coefficient (Wildman–Crippen LogP) is 0.644. The minimum atomic E-state index is -5.11. The van der Waals surface area contributed by atoms with Crippen molar-refractivity contribution in [2.75, 3.05) is 7.11 Å². The van der Waals surface area contributed by atoms with Crippen LogP contribution in [0.15, 0.2) is 9.98 Å². The molecule has 19 heavy (non-hydrogen) atoms. The summed E-state index contributed by atoms with van der Waals surface area (Å²) in [5.41, 5.74) is 0. The van der Waals surface area contributed by atoms with Gasteiger partial charge in [-0.25, -0.2) is 14.8 Å². The number of alkyl halides is 4. The Morgan fingerprint density at radius 2 is 2.16 bits per heavy atom. The van der Waals surface area contributed by atoms with Crippen LogP contribution in [0.25, 0.3) is 0 Å². The second-order valence-corrected chi connectivity index (χ2v) is 4.25. The Morgan fingerprint density at radius 3 is 2.58 bits per heavy atom. The summed E-state index contributed by atoms with van der Waals surface area (Å²) in [4.78, 5) is 27.9. The molecule has 2 atom stereocenters. The standard InChI is InChI=1S/C9H9ClF3N3O3/c1-19-6(17)5(16-7(18)9(11,12)13)2-8(10)3-14-4-15-8/h3-5H,2H2,1H3,(H,16,18). The zero-order valence-corrected chi connectivity index (χ0v) is 10.3. The molecule has 1 aliphatic rings.